The molecule has 186 valence electrons. The molecule has 2 rings (SSSR count). The number of allylic oxidation sites excluding steroid dienone is 1. The van der Waals surface area contributed by atoms with Gasteiger partial charge in [0, 0.05) is 0 Å². The van der Waals surface area contributed by atoms with Gasteiger partial charge in [0.15, 0.2) is 0 Å². The summed E-state index contributed by atoms with van der Waals surface area (Å²) in [7, 11) is 0.301. The van der Waals surface area contributed by atoms with E-state index in [1.54, 1.807) is 13.3 Å². The van der Waals surface area contributed by atoms with Crippen LogP contribution in [0.4, 0.5) is 0 Å². The first-order valence-electron chi connectivity index (χ1n) is 13.6. The van der Waals surface area contributed by atoms with E-state index >= 15 is 0 Å². The molecule has 0 saturated heterocycles. The van der Waals surface area contributed by atoms with E-state index < -0.39 is 18.4 Å². The number of rotatable bonds is 11. The summed E-state index contributed by atoms with van der Waals surface area (Å²) in [6.45, 7) is 20.8. The van der Waals surface area contributed by atoms with Crippen LogP contribution in [0.25, 0.3) is 6.08 Å². The van der Waals surface area contributed by atoms with Crippen molar-refractivity contribution in [3.63, 3.8) is 0 Å². The quantitative estimate of drug-likeness (QED) is 0.184. The molecule has 0 N–H and O–H groups in total. The Balaban J connectivity index is 0.000000469. The van der Waals surface area contributed by atoms with Crippen LogP contribution in [0.1, 0.15) is 105 Å². The Hall–Kier alpha value is 0.189. The summed E-state index contributed by atoms with van der Waals surface area (Å²) in [6.07, 6.45) is 12.2. The molecule has 0 saturated carbocycles. The molecule has 0 aliphatic heterocycles. The molecular weight excluding hydrogens is 510 g/mol. The Kier molecular flexibility index (Phi) is 18.6. The van der Waals surface area contributed by atoms with Crippen molar-refractivity contribution in [3.05, 3.63) is 41.0 Å². The standard InChI is InChI=1S/C10H10.C7H17P.3C4H9.CH3.Sn/c1-8-6-9-4-2-3-5-10(9)7-8;1-6(2)8(5)7(3)4;3*1-3-4-2;;/h2-6H,7H2,1H3;6-7H,1-5H3;3*1,3-4H2,2H3;1H3;. The summed E-state index contributed by atoms with van der Waals surface area (Å²) >= 11 is -1.56. The van der Waals surface area contributed by atoms with E-state index in [0.717, 1.165) is 17.7 Å². The van der Waals surface area contributed by atoms with Crippen LogP contribution in [-0.4, -0.2) is 36.4 Å². The number of fused-ring (bicyclic) bond motifs is 1. The Morgan fingerprint density at radius 1 is 0.812 bits per heavy atom. The van der Waals surface area contributed by atoms with Crippen LogP contribution in [0.2, 0.25) is 18.2 Å². The molecule has 0 nitrogen and oxygen atoms in total. The topological polar surface area (TPSA) is 0 Å². The second-order valence-electron chi connectivity index (χ2n) is 10.8. The molecule has 0 bridgehead atoms. The molecule has 0 atom stereocenters. The Morgan fingerprint density at radius 2 is 1.25 bits per heavy atom. The molecule has 32 heavy (non-hydrogen) atoms. The average molecular weight is 567 g/mol. The summed E-state index contributed by atoms with van der Waals surface area (Å²) < 4.78 is 4.97. The Labute approximate surface area is 209 Å². The third-order valence-corrected chi connectivity index (χ3v) is 23.6. The van der Waals surface area contributed by atoms with Gasteiger partial charge in [0.1, 0.15) is 0 Å². The van der Waals surface area contributed by atoms with Crippen molar-refractivity contribution in [3.8, 4) is 0 Å². The molecule has 0 amide bonds. The molecule has 2 heteroatoms. The van der Waals surface area contributed by atoms with Crippen LogP contribution >= 0.6 is 7.92 Å². The van der Waals surface area contributed by atoms with Crippen LogP contribution in [0.5, 0.6) is 0 Å². The van der Waals surface area contributed by atoms with Crippen molar-refractivity contribution in [2.24, 2.45) is 0 Å². The molecule has 0 aromatic heterocycles. The van der Waals surface area contributed by atoms with Crippen LogP contribution < -0.4 is 0 Å². The van der Waals surface area contributed by atoms with Gasteiger partial charge in [0.25, 0.3) is 0 Å². The zero-order valence-electron chi connectivity index (χ0n) is 23.6. The van der Waals surface area contributed by atoms with Crippen LogP contribution in [0, 0.1) is 0 Å². The monoisotopic (exact) mass is 568 g/mol. The second kappa shape index (κ2) is 18.5. The first-order valence-corrected chi connectivity index (χ1v) is 24.4. The van der Waals surface area contributed by atoms with Crippen molar-refractivity contribution in [2.75, 3.05) is 6.66 Å². The number of benzene rings is 1. The molecule has 0 fully saturated rings. The van der Waals surface area contributed by atoms with E-state index in [4.69, 9.17) is 0 Å². The van der Waals surface area contributed by atoms with E-state index in [0.29, 0.717) is 7.92 Å². The Bertz CT molecular complexity index is 587. The van der Waals surface area contributed by atoms with Gasteiger partial charge in [-0.2, -0.15) is 0 Å². The van der Waals surface area contributed by atoms with E-state index in [1.807, 2.05) is 0 Å². The summed E-state index contributed by atoms with van der Waals surface area (Å²) in [6, 6.07) is 8.56. The number of unbranched alkanes of at least 4 members (excludes halogenated alkanes) is 3. The van der Waals surface area contributed by atoms with Gasteiger partial charge >= 0.3 is 95.9 Å². The van der Waals surface area contributed by atoms with Crippen LogP contribution in [-0.2, 0) is 6.42 Å². The number of hydrogen-bond donors (Lipinski definition) is 0. The maximum atomic E-state index is 2.72. The summed E-state index contributed by atoms with van der Waals surface area (Å²) in [4.78, 5) is 2.72. The molecule has 0 unspecified atom stereocenters. The molecule has 1 aromatic carbocycles. The predicted molar refractivity (Wildman–Crippen MR) is 158 cm³/mol. The van der Waals surface area contributed by atoms with Gasteiger partial charge in [0.2, 0.25) is 0 Å². The zero-order chi connectivity index (χ0) is 24.6. The molecule has 1 aliphatic carbocycles. The van der Waals surface area contributed by atoms with E-state index in [1.165, 1.54) is 55.2 Å². The minimum atomic E-state index is -1.56. The van der Waals surface area contributed by atoms with E-state index in [9.17, 15) is 0 Å². The Morgan fingerprint density at radius 3 is 1.59 bits per heavy atom. The first-order chi connectivity index (χ1) is 15.1. The molecule has 0 spiro atoms. The van der Waals surface area contributed by atoms with Gasteiger partial charge in [-0.3, -0.25) is 0 Å². The summed E-state index contributed by atoms with van der Waals surface area (Å²) in [5, 5.41) is 0. The van der Waals surface area contributed by atoms with Gasteiger partial charge in [-0.1, -0.05) is 63.6 Å². The fourth-order valence-corrected chi connectivity index (χ4v) is 17.9. The fraction of sp³-hybridized carbons (Fsp3) is 0.733. The van der Waals surface area contributed by atoms with Crippen molar-refractivity contribution < 1.29 is 0 Å². The van der Waals surface area contributed by atoms with Crippen molar-refractivity contribution >= 4 is 32.4 Å². The molecule has 0 heterocycles. The molecule has 1 aliphatic rings. The zero-order valence-corrected chi connectivity index (χ0v) is 27.3. The molecular formula is C30H57PSn. The second-order valence-corrected chi connectivity index (χ2v) is 28.9. The number of hydrogen-bond acceptors (Lipinski definition) is 0. The van der Waals surface area contributed by atoms with Crippen LogP contribution in [0.15, 0.2) is 29.8 Å². The van der Waals surface area contributed by atoms with Crippen LogP contribution in [0.3, 0.4) is 0 Å². The predicted octanol–water partition coefficient (Wildman–Crippen LogP) is 11.0. The van der Waals surface area contributed by atoms with Crippen molar-refractivity contribution in [1.82, 2.24) is 0 Å². The minimum absolute atomic E-state index is 0.301. The van der Waals surface area contributed by atoms with Gasteiger partial charge in [0.05, 0.1) is 0 Å². The van der Waals surface area contributed by atoms with E-state index in [2.05, 4.69) is 97.3 Å². The van der Waals surface area contributed by atoms with Crippen molar-refractivity contribution in [1.29, 1.82) is 0 Å². The third kappa shape index (κ3) is 14.5. The van der Waals surface area contributed by atoms with Gasteiger partial charge < -0.3 is 0 Å². The van der Waals surface area contributed by atoms with Gasteiger partial charge in [-0.15, -0.1) is 7.92 Å². The van der Waals surface area contributed by atoms with Gasteiger partial charge in [-0.25, -0.2) is 0 Å². The average Bonchev–Trinajstić information content (AvgIpc) is 3.15. The first kappa shape index (κ1) is 32.2. The fourth-order valence-electron chi connectivity index (χ4n) is 4.23. The van der Waals surface area contributed by atoms with E-state index in [-0.39, 0.29) is 0 Å². The molecule has 1 aromatic rings. The summed E-state index contributed by atoms with van der Waals surface area (Å²) in [5.41, 5.74) is 6.16. The SMILES string of the molecule is CC(C)P(C)C(C)C.CC1=Cc2ccccc2C1.CCC[CH2][Sn]([CH3])([CH2]CCC)[CH2]CCC. The normalized spacial score (nSPS) is 12.8. The summed E-state index contributed by atoms with van der Waals surface area (Å²) in [5.74, 6) is 0. The maximum absolute atomic E-state index is 2.72. The van der Waals surface area contributed by atoms with Crippen molar-refractivity contribution in [2.45, 2.75) is 130 Å². The molecule has 0 radical (unpaired) electrons. The van der Waals surface area contributed by atoms with Gasteiger partial charge in [-0.05, 0) is 42.5 Å². The third-order valence-electron chi connectivity index (χ3n) is 6.96.